The number of aromatic nitrogens is 3. The molecule has 4 N–H and O–H groups in total. The van der Waals surface area contributed by atoms with Crippen LogP contribution in [0.3, 0.4) is 0 Å². The van der Waals surface area contributed by atoms with Gasteiger partial charge in [-0.25, -0.2) is 9.89 Å². The molecule has 0 aliphatic rings. The highest BCUT2D eigenvalue weighted by Gasteiger charge is 2.06. The monoisotopic (exact) mass is 377 g/mol. The Hall–Kier alpha value is -2.77. The number of carboxylic acids is 1. The van der Waals surface area contributed by atoms with E-state index in [9.17, 15) is 4.79 Å². The maximum Gasteiger partial charge on any atom is 0.335 e. The summed E-state index contributed by atoms with van der Waals surface area (Å²) < 4.78 is 0. The van der Waals surface area contributed by atoms with Gasteiger partial charge in [-0.15, -0.1) is 5.10 Å². The van der Waals surface area contributed by atoms with Crippen LogP contribution in [0.4, 0.5) is 17.6 Å². The van der Waals surface area contributed by atoms with Crippen LogP contribution in [0.5, 0.6) is 0 Å². The van der Waals surface area contributed by atoms with Gasteiger partial charge < -0.3 is 15.7 Å². The zero-order chi connectivity index (χ0) is 17.8. The van der Waals surface area contributed by atoms with Crippen LogP contribution < -0.4 is 10.6 Å². The van der Waals surface area contributed by atoms with E-state index in [0.717, 1.165) is 5.56 Å². The number of hydrogen-bond donors (Lipinski definition) is 4. The number of nitrogens with one attached hydrogen (secondary N) is 3. The lowest BCUT2D eigenvalue weighted by Gasteiger charge is -2.04. The van der Waals surface area contributed by atoms with Gasteiger partial charge in [0.05, 0.1) is 5.56 Å². The Kier molecular flexibility index (Phi) is 5.06. The summed E-state index contributed by atoms with van der Waals surface area (Å²) in [5, 5.41) is 22.8. The first-order valence-corrected chi connectivity index (χ1v) is 7.97. The normalized spacial score (nSPS) is 10.5. The van der Waals surface area contributed by atoms with Gasteiger partial charge in [0.15, 0.2) is 0 Å². The molecule has 1 heterocycles. The average molecular weight is 378 g/mol. The minimum atomic E-state index is -0.953. The Labute approximate surface area is 153 Å². The van der Waals surface area contributed by atoms with Crippen LogP contribution >= 0.6 is 23.2 Å². The molecule has 0 bridgehead atoms. The minimum Gasteiger partial charge on any atom is -0.478 e. The summed E-state index contributed by atoms with van der Waals surface area (Å²) in [4.78, 5) is 15.1. The Morgan fingerprint density at radius 1 is 1.12 bits per heavy atom. The number of halogens is 2. The third kappa shape index (κ3) is 4.62. The summed E-state index contributed by atoms with van der Waals surface area (Å²) in [7, 11) is 0. The van der Waals surface area contributed by atoms with Crippen LogP contribution in [-0.2, 0) is 6.54 Å². The van der Waals surface area contributed by atoms with E-state index in [0.29, 0.717) is 34.2 Å². The number of benzene rings is 2. The van der Waals surface area contributed by atoms with Gasteiger partial charge >= 0.3 is 5.97 Å². The lowest BCUT2D eigenvalue weighted by molar-refractivity contribution is 0.0697. The molecule has 7 nitrogen and oxygen atoms in total. The summed E-state index contributed by atoms with van der Waals surface area (Å²) in [5.74, 6) is -0.120. The standard InChI is InChI=1S/C16H13Cl2N5O2/c17-11-5-12(18)7-13(6-11)20-16-21-15(22-23-16)19-8-9-1-3-10(4-2-9)14(24)25/h1-7H,8H2,(H,24,25)(H3,19,20,21,22,23). The summed E-state index contributed by atoms with van der Waals surface area (Å²) >= 11 is 11.9. The molecule has 0 radical (unpaired) electrons. The Morgan fingerprint density at radius 3 is 2.44 bits per heavy atom. The van der Waals surface area contributed by atoms with E-state index in [-0.39, 0.29) is 5.56 Å². The molecule has 9 heteroatoms. The fraction of sp³-hybridized carbons (Fsp3) is 0.0625. The predicted octanol–water partition coefficient (Wildman–Crippen LogP) is 4.17. The molecule has 0 saturated heterocycles. The maximum absolute atomic E-state index is 10.8. The van der Waals surface area contributed by atoms with Gasteiger partial charge in [0, 0.05) is 22.3 Å². The van der Waals surface area contributed by atoms with Crippen molar-refractivity contribution in [3.63, 3.8) is 0 Å². The quantitative estimate of drug-likeness (QED) is 0.514. The first kappa shape index (κ1) is 17.1. The molecule has 2 aromatic carbocycles. The maximum atomic E-state index is 10.8. The average Bonchev–Trinajstić information content (AvgIpc) is 2.99. The van der Waals surface area contributed by atoms with Crippen molar-refractivity contribution in [2.75, 3.05) is 10.6 Å². The number of carboxylic acid groups (broad SMARTS) is 1. The number of H-pyrrole nitrogens is 1. The second-order valence-corrected chi connectivity index (χ2v) is 6.02. The van der Waals surface area contributed by atoms with Gasteiger partial charge in [-0.2, -0.15) is 4.98 Å². The van der Waals surface area contributed by atoms with Crippen molar-refractivity contribution in [3.05, 3.63) is 63.6 Å². The highest BCUT2D eigenvalue weighted by molar-refractivity contribution is 6.35. The zero-order valence-electron chi connectivity index (χ0n) is 12.8. The van der Waals surface area contributed by atoms with E-state index < -0.39 is 5.97 Å². The number of hydrogen-bond acceptors (Lipinski definition) is 5. The van der Waals surface area contributed by atoms with Gasteiger partial charge in [-0.05, 0) is 35.9 Å². The SMILES string of the molecule is O=C(O)c1ccc(CNc2n[nH]c(Nc3cc(Cl)cc(Cl)c3)n2)cc1. The van der Waals surface area contributed by atoms with Crippen LogP contribution in [0.1, 0.15) is 15.9 Å². The second-order valence-electron chi connectivity index (χ2n) is 5.15. The fourth-order valence-corrected chi connectivity index (χ4v) is 2.63. The molecule has 0 amide bonds. The molecule has 0 unspecified atom stereocenters. The number of rotatable bonds is 6. The van der Waals surface area contributed by atoms with E-state index in [1.165, 1.54) is 0 Å². The van der Waals surface area contributed by atoms with Crippen LogP contribution in [0, 0.1) is 0 Å². The number of aromatic carboxylic acids is 1. The lowest BCUT2D eigenvalue weighted by atomic mass is 10.1. The smallest absolute Gasteiger partial charge is 0.335 e. The van der Waals surface area contributed by atoms with Crippen LogP contribution in [0.25, 0.3) is 0 Å². The third-order valence-electron chi connectivity index (χ3n) is 3.26. The van der Waals surface area contributed by atoms with Gasteiger partial charge in [-0.1, -0.05) is 35.3 Å². The van der Waals surface area contributed by atoms with Crippen molar-refractivity contribution < 1.29 is 9.90 Å². The van der Waals surface area contributed by atoms with Crippen molar-refractivity contribution in [3.8, 4) is 0 Å². The van der Waals surface area contributed by atoms with Crippen LogP contribution in [0.15, 0.2) is 42.5 Å². The summed E-state index contributed by atoms with van der Waals surface area (Å²) in [5.41, 5.74) is 1.84. The summed E-state index contributed by atoms with van der Waals surface area (Å²) in [6, 6.07) is 11.6. The second kappa shape index (κ2) is 7.42. The highest BCUT2D eigenvalue weighted by Crippen LogP contribution is 2.24. The first-order chi connectivity index (χ1) is 12.0. The van der Waals surface area contributed by atoms with Gasteiger partial charge in [0.1, 0.15) is 0 Å². The molecule has 0 aliphatic carbocycles. The molecular formula is C16H13Cl2N5O2. The molecule has 0 saturated carbocycles. The van der Waals surface area contributed by atoms with Crippen LogP contribution in [0.2, 0.25) is 10.0 Å². The van der Waals surface area contributed by atoms with Gasteiger partial charge in [-0.3, -0.25) is 0 Å². The molecule has 1 aromatic heterocycles. The molecule has 0 fully saturated rings. The van der Waals surface area contributed by atoms with E-state index in [2.05, 4.69) is 25.8 Å². The Bertz CT molecular complexity index is 876. The molecular weight excluding hydrogens is 365 g/mol. The molecule has 128 valence electrons. The van der Waals surface area contributed by atoms with Crippen molar-refractivity contribution in [1.82, 2.24) is 15.2 Å². The number of anilines is 3. The Balaban J connectivity index is 1.60. The Morgan fingerprint density at radius 2 is 1.80 bits per heavy atom. The largest absolute Gasteiger partial charge is 0.478 e. The molecule has 0 atom stereocenters. The van der Waals surface area contributed by atoms with Crippen molar-refractivity contribution in [1.29, 1.82) is 0 Å². The molecule has 3 rings (SSSR count). The summed E-state index contributed by atoms with van der Waals surface area (Å²) in [6.45, 7) is 0.459. The van der Waals surface area contributed by atoms with E-state index in [1.54, 1.807) is 42.5 Å². The molecule has 25 heavy (non-hydrogen) atoms. The number of nitrogens with zero attached hydrogens (tertiary/aromatic N) is 2. The predicted molar refractivity (Wildman–Crippen MR) is 96.9 cm³/mol. The van der Waals surface area contributed by atoms with E-state index >= 15 is 0 Å². The highest BCUT2D eigenvalue weighted by atomic mass is 35.5. The topological polar surface area (TPSA) is 103 Å². The van der Waals surface area contributed by atoms with E-state index in [4.69, 9.17) is 28.3 Å². The summed E-state index contributed by atoms with van der Waals surface area (Å²) in [6.07, 6.45) is 0. The molecule has 0 spiro atoms. The van der Waals surface area contributed by atoms with Crippen molar-refractivity contribution in [2.45, 2.75) is 6.54 Å². The van der Waals surface area contributed by atoms with Crippen molar-refractivity contribution in [2.24, 2.45) is 0 Å². The first-order valence-electron chi connectivity index (χ1n) is 7.21. The lowest BCUT2D eigenvalue weighted by Crippen LogP contribution is -2.02. The number of carbonyl (C=O) groups is 1. The van der Waals surface area contributed by atoms with Crippen LogP contribution in [-0.4, -0.2) is 26.3 Å². The van der Waals surface area contributed by atoms with Gasteiger partial charge in [0.25, 0.3) is 0 Å². The number of aromatic amines is 1. The van der Waals surface area contributed by atoms with Gasteiger partial charge in [0.2, 0.25) is 11.9 Å². The third-order valence-corrected chi connectivity index (χ3v) is 3.70. The minimum absolute atomic E-state index is 0.244. The molecule has 0 aliphatic heterocycles. The molecule has 3 aromatic rings. The van der Waals surface area contributed by atoms with Crippen molar-refractivity contribution >= 4 is 46.8 Å². The fourth-order valence-electron chi connectivity index (χ4n) is 2.11. The zero-order valence-corrected chi connectivity index (χ0v) is 14.3. The van der Waals surface area contributed by atoms with E-state index in [1.807, 2.05) is 0 Å².